The molecule has 1 aromatic heterocycles. The molecule has 0 amide bonds. The average molecular weight is 231 g/mol. The fourth-order valence-corrected chi connectivity index (χ4v) is 1.81. The minimum Gasteiger partial charge on any atom is -0.460 e. The average Bonchev–Trinajstić information content (AvgIpc) is 2.59. The number of para-hydroxylation sites is 1. The minimum atomic E-state index is -0.427. The van der Waals surface area contributed by atoms with E-state index in [-0.39, 0.29) is 5.97 Å². The molecule has 2 rings (SSSR count). The molecule has 3 heteroatoms. The molecule has 90 valence electrons. The van der Waals surface area contributed by atoms with Gasteiger partial charge in [-0.2, -0.15) is 0 Å². The summed E-state index contributed by atoms with van der Waals surface area (Å²) in [5, 5.41) is 1.08. The van der Waals surface area contributed by atoms with Crippen molar-refractivity contribution >= 4 is 16.9 Å². The first-order chi connectivity index (χ1) is 7.96. The Hall–Kier alpha value is -1.77. The SMILES string of the molecule is CC(C)(C)OC(=O)Cc1c[nH]c2ccccc12. The third-order valence-electron chi connectivity index (χ3n) is 2.43. The zero-order valence-corrected chi connectivity index (χ0v) is 10.4. The van der Waals surface area contributed by atoms with Crippen molar-refractivity contribution in [2.45, 2.75) is 32.8 Å². The Bertz CT molecular complexity index is 534. The monoisotopic (exact) mass is 231 g/mol. The molecule has 0 saturated heterocycles. The van der Waals surface area contributed by atoms with E-state index in [9.17, 15) is 4.79 Å². The van der Waals surface area contributed by atoms with Gasteiger partial charge in [-0.05, 0) is 32.4 Å². The molecule has 0 unspecified atom stereocenters. The highest BCUT2D eigenvalue weighted by atomic mass is 16.6. The van der Waals surface area contributed by atoms with Gasteiger partial charge in [0, 0.05) is 17.1 Å². The summed E-state index contributed by atoms with van der Waals surface area (Å²) < 4.78 is 5.31. The largest absolute Gasteiger partial charge is 0.460 e. The Balaban J connectivity index is 2.16. The Kier molecular flexibility index (Phi) is 2.92. The van der Waals surface area contributed by atoms with E-state index in [2.05, 4.69) is 4.98 Å². The Labute approximate surface area is 101 Å². The van der Waals surface area contributed by atoms with Crippen molar-refractivity contribution in [3.05, 3.63) is 36.0 Å². The van der Waals surface area contributed by atoms with Crippen LogP contribution in [0.1, 0.15) is 26.3 Å². The molecule has 17 heavy (non-hydrogen) atoms. The topological polar surface area (TPSA) is 42.1 Å². The summed E-state index contributed by atoms with van der Waals surface area (Å²) in [4.78, 5) is 14.9. The van der Waals surface area contributed by atoms with Gasteiger partial charge in [0.1, 0.15) is 5.60 Å². The number of aromatic amines is 1. The Morgan fingerprint density at radius 1 is 1.29 bits per heavy atom. The third kappa shape index (κ3) is 2.87. The van der Waals surface area contributed by atoms with Crippen molar-refractivity contribution in [2.75, 3.05) is 0 Å². The van der Waals surface area contributed by atoms with Crippen molar-refractivity contribution in [1.82, 2.24) is 4.98 Å². The van der Waals surface area contributed by atoms with E-state index in [0.29, 0.717) is 6.42 Å². The molecule has 1 heterocycles. The lowest BCUT2D eigenvalue weighted by Crippen LogP contribution is -2.24. The maximum Gasteiger partial charge on any atom is 0.310 e. The molecule has 0 spiro atoms. The molecule has 0 fully saturated rings. The van der Waals surface area contributed by atoms with E-state index < -0.39 is 5.60 Å². The highest BCUT2D eigenvalue weighted by Gasteiger charge is 2.17. The van der Waals surface area contributed by atoms with E-state index in [1.807, 2.05) is 51.2 Å². The number of carbonyl (C=O) groups excluding carboxylic acids is 1. The molecule has 0 aliphatic heterocycles. The van der Waals surface area contributed by atoms with Gasteiger partial charge in [0.2, 0.25) is 0 Å². The number of benzene rings is 1. The van der Waals surface area contributed by atoms with Crippen LogP contribution in [0, 0.1) is 0 Å². The zero-order valence-electron chi connectivity index (χ0n) is 10.4. The lowest BCUT2D eigenvalue weighted by Gasteiger charge is -2.19. The van der Waals surface area contributed by atoms with Crippen molar-refractivity contribution in [3.8, 4) is 0 Å². The number of fused-ring (bicyclic) bond motifs is 1. The molecule has 0 aliphatic rings. The van der Waals surface area contributed by atoms with E-state index in [1.165, 1.54) is 0 Å². The Morgan fingerprint density at radius 3 is 2.71 bits per heavy atom. The highest BCUT2D eigenvalue weighted by molar-refractivity contribution is 5.87. The van der Waals surface area contributed by atoms with Gasteiger partial charge < -0.3 is 9.72 Å². The van der Waals surface area contributed by atoms with Gasteiger partial charge in [0.05, 0.1) is 6.42 Å². The lowest BCUT2D eigenvalue weighted by molar-refractivity contribution is -0.153. The molecule has 0 atom stereocenters. The number of aromatic nitrogens is 1. The van der Waals surface area contributed by atoms with Crippen LogP contribution in [0.5, 0.6) is 0 Å². The number of H-pyrrole nitrogens is 1. The van der Waals surface area contributed by atoms with Crippen LogP contribution in [-0.4, -0.2) is 16.6 Å². The summed E-state index contributed by atoms with van der Waals surface area (Å²) in [6.45, 7) is 5.63. The van der Waals surface area contributed by atoms with Crippen LogP contribution >= 0.6 is 0 Å². The summed E-state index contributed by atoms with van der Waals surface area (Å²) >= 11 is 0. The van der Waals surface area contributed by atoms with E-state index in [1.54, 1.807) is 0 Å². The second-order valence-corrected chi connectivity index (χ2v) is 5.12. The zero-order chi connectivity index (χ0) is 12.5. The number of nitrogens with one attached hydrogen (secondary N) is 1. The van der Waals surface area contributed by atoms with Gasteiger partial charge in [0.15, 0.2) is 0 Å². The summed E-state index contributed by atoms with van der Waals surface area (Å²) in [7, 11) is 0. The highest BCUT2D eigenvalue weighted by Crippen LogP contribution is 2.19. The minimum absolute atomic E-state index is 0.192. The van der Waals surface area contributed by atoms with Gasteiger partial charge in [-0.15, -0.1) is 0 Å². The predicted octanol–water partition coefficient (Wildman–Crippen LogP) is 3.05. The maximum absolute atomic E-state index is 11.7. The molecule has 0 aliphatic carbocycles. The number of hydrogen-bond acceptors (Lipinski definition) is 2. The first-order valence-corrected chi connectivity index (χ1v) is 5.72. The quantitative estimate of drug-likeness (QED) is 0.807. The molecular weight excluding hydrogens is 214 g/mol. The standard InChI is InChI=1S/C14H17NO2/c1-14(2,3)17-13(16)8-10-9-15-12-7-5-4-6-11(10)12/h4-7,9,15H,8H2,1-3H3. The molecule has 2 aromatic rings. The second-order valence-electron chi connectivity index (χ2n) is 5.12. The van der Waals surface area contributed by atoms with Gasteiger partial charge in [-0.25, -0.2) is 0 Å². The summed E-state index contributed by atoms with van der Waals surface area (Å²) in [6, 6.07) is 7.93. The normalized spacial score (nSPS) is 11.7. The summed E-state index contributed by atoms with van der Waals surface area (Å²) in [6.07, 6.45) is 2.18. The van der Waals surface area contributed by atoms with Crippen LogP contribution in [0.4, 0.5) is 0 Å². The fraction of sp³-hybridized carbons (Fsp3) is 0.357. The molecule has 1 N–H and O–H groups in total. The predicted molar refractivity (Wildman–Crippen MR) is 67.8 cm³/mol. The molecule has 1 aromatic carbocycles. The van der Waals surface area contributed by atoms with E-state index in [0.717, 1.165) is 16.5 Å². The number of esters is 1. The lowest BCUT2D eigenvalue weighted by atomic mass is 10.1. The fourth-order valence-electron chi connectivity index (χ4n) is 1.81. The first kappa shape index (κ1) is 11.7. The van der Waals surface area contributed by atoms with Crippen molar-refractivity contribution in [2.24, 2.45) is 0 Å². The van der Waals surface area contributed by atoms with Crippen LogP contribution in [0.3, 0.4) is 0 Å². The summed E-state index contributed by atoms with van der Waals surface area (Å²) in [5.74, 6) is -0.192. The maximum atomic E-state index is 11.7. The van der Waals surface area contributed by atoms with Crippen LogP contribution in [0.25, 0.3) is 10.9 Å². The summed E-state index contributed by atoms with van der Waals surface area (Å²) in [5.41, 5.74) is 1.60. The van der Waals surface area contributed by atoms with Crippen LogP contribution < -0.4 is 0 Å². The molecular formula is C14H17NO2. The van der Waals surface area contributed by atoms with Crippen LogP contribution in [0.15, 0.2) is 30.5 Å². The van der Waals surface area contributed by atoms with Gasteiger partial charge in [0.25, 0.3) is 0 Å². The van der Waals surface area contributed by atoms with Crippen LogP contribution in [0.2, 0.25) is 0 Å². The van der Waals surface area contributed by atoms with Crippen LogP contribution in [-0.2, 0) is 16.0 Å². The third-order valence-corrected chi connectivity index (χ3v) is 2.43. The Morgan fingerprint density at radius 2 is 2.00 bits per heavy atom. The van der Waals surface area contributed by atoms with Crippen molar-refractivity contribution in [3.63, 3.8) is 0 Å². The van der Waals surface area contributed by atoms with E-state index in [4.69, 9.17) is 4.74 Å². The molecule has 0 saturated carbocycles. The van der Waals surface area contributed by atoms with Gasteiger partial charge in [-0.1, -0.05) is 18.2 Å². The number of ether oxygens (including phenoxy) is 1. The molecule has 0 bridgehead atoms. The number of carbonyl (C=O) groups is 1. The molecule has 0 radical (unpaired) electrons. The molecule has 3 nitrogen and oxygen atoms in total. The number of hydrogen-bond donors (Lipinski definition) is 1. The van der Waals surface area contributed by atoms with Gasteiger partial charge >= 0.3 is 5.97 Å². The van der Waals surface area contributed by atoms with Gasteiger partial charge in [-0.3, -0.25) is 4.79 Å². The van der Waals surface area contributed by atoms with Crippen molar-refractivity contribution in [1.29, 1.82) is 0 Å². The smallest absolute Gasteiger partial charge is 0.310 e. The first-order valence-electron chi connectivity index (χ1n) is 5.72. The van der Waals surface area contributed by atoms with Crippen molar-refractivity contribution < 1.29 is 9.53 Å². The number of rotatable bonds is 2. The second kappa shape index (κ2) is 4.24. The van der Waals surface area contributed by atoms with E-state index >= 15 is 0 Å².